The standard InChI is InChI=1S/C21H33NO2/c1-16(2)13-19(14-17(3)4)24-15-21(23)22-12-8-11-20(22)18-9-6-5-7-10-18/h5-7,9-10,16-17,19-20H,8,11-15H2,1-4H3/t20-/m0/s1. The number of ether oxygens (including phenoxy) is 1. The first-order chi connectivity index (χ1) is 11.5. The quantitative estimate of drug-likeness (QED) is 0.683. The lowest BCUT2D eigenvalue weighted by Crippen LogP contribution is -2.35. The van der Waals surface area contributed by atoms with Crippen molar-refractivity contribution in [2.24, 2.45) is 11.8 Å². The minimum Gasteiger partial charge on any atom is -0.368 e. The maximum Gasteiger partial charge on any atom is 0.249 e. The predicted octanol–water partition coefficient (Wildman–Crippen LogP) is 4.83. The van der Waals surface area contributed by atoms with Crippen LogP contribution in [0, 0.1) is 11.8 Å². The molecule has 3 heteroatoms. The third-order valence-corrected chi connectivity index (χ3v) is 4.67. The van der Waals surface area contributed by atoms with Crippen molar-refractivity contribution in [3.63, 3.8) is 0 Å². The summed E-state index contributed by atoms with van der Waals surface area (Å²) in [5.74, 6) is 1.32. The molecule has 1 aromatic rings. The highest BCUT2D eigenvalue weighted by Crippen LogP contribution is 2.31. The first-order valence-corrected chi connectivity index (χ1v) is 9.43. The van der Waals surface area contributed by atoms with Gasteiger partial charge in [-0.15, -0.1) is 0 Å². The summed E-state index contributed by atoms with van der Waals surface area (Å²) in [6, 6.07) is 10.6. The molecule has 1 amide bonds. The summed E-state index contributed by atoms with van der Waals surface area (Å²) in [4.78, 5) is 14.7. The van der Waals surface area contributed by atoms with Gasteiger partial charge in [0.25, 0.3) is 0 Å². The fourth-order valence-electron chi connectivity index (χ4n) is 3.64. The Kier molecular flexibility index (Phi) is 7.29. The van der Waals surface area contributed by atoms with E-state index in [1.165, 1.54) is 5.56 Å². The number of hydrogen-bond acceptors (Lipinski definition) is 2. The SMILES string of the molecule is CC(C)CC(CC(C)C)OCC(=O)N1CCC[C@H]1c1ccccc1. The molecule has 1 saturated heterocycles. The van der Waals surface area contributed by atoms with Crippen LogP contribution in [0.5, 0.6) is 0 Å². The second-order valence-corrected chi connectivity index (χ2v) is 7.85. The van der Waals surface area contributed by atoms with Crippen LogP contribution < -0.4 is 0 Å². The van der Waals surface area contributed by atoms with Gasteiger partial charge in [-0.1, -0.05) is 58.0 Å². The van der Waals surface area contributed by atoms with Crippen molar-refractivity contribution in [1.29, 1.82) is 0 Å². The van der Waals surface area contributed by atoms with Crippen molar-refractivity contribution >= 4 is 5.91 Å². The van der Waals surface area contributed by atoms with Crippen molar-refractivity contribution in [3.05, 3.63) is 35.9 Å². The van der Waals surface area contributed by atoms with Crippen LogP contribution in [-0.2, 0) is 9.53 Å². The first kappa shape index (κ1) is 19.0. The van der Waals surface area contributed by atoms with Crippen molar-refractivity contribution in [2.75, 3.05) is 13.2 Å². The molecular formula is C21H33NO2. The van der Waals surface area contributed by atoms with Crippen LogP contribution in [0.2, 0.25) is 0 Å². The first-order valence-electron chi connectivity index (χ1n) is 9.43. The summed E-state index contributed by atoms with van der Waals surface area (Å²) in [5, 5.41) is 0. The largest absolute Gasteiger partial charge is 0.368 e. The second-order valence-electron chi connectivity index (χ2n) is 7.85. The Morgan fingerprint density at radius 2 is 1.75 bits per heavy atom. The number of likely N-dealkylation sites (tertiary alicyclic amines) is 1. The molecule has 2 rings (SSSR count). The molecule has 0 saturated carbocycles. The zero-order valence-electron chi connectivity index (χ0n) is 15.7. The molecule has 1 heterocycles. The molecule has 1 atom stereocenters. The smallest absolute Gasteiger partial charge is 0.249 e. The fraction of sp³-hybridized carbons (Fsp3) is 0.667. The van der Waals surface area contributed by atoms with Crippen LogP contribution in [0.25, 0.3) is 0 Å². The van der Waals surface area contributed by atoms with E-state index < -0.39 is 0 Å². The maximum atomic E-state index is 12.7. The van der Waals surface area contributed by atoms with E-state index in [1.807, 2.05) is 23.1 Å². The van der Waals surface area contributed by atoms with Gasteiger partial charge in [0.1, 0.15) is 6.61 Å². The number of carbonyl (C=O) groups excluding carboxylic acids is 1. The monoisotopic (exact) mass is 331 g/mol. The molecule has 1 aliphatic rings. The van der Waals surface area contributed by atoms with Crippen LogP contribution in [0.4, 0.5) is 0 Å². The molecule has 0 bridgehead atoms. The Morgan fingerprint density at radius 1 is 1.12 bits per heavy atom. The predicted molar refractivity (Wildman–Crippen MR) is 98.8 cm³/mol. The van der Waals surface area contributed by atoms with Crippen LogP contribution in [0.15, 0.2) is 30.3 Å². The lowest BCUT2D eigenvalue weighted by Gasteiger charge is -2.27. The second kappa shape index (κ2) is 9.22. The van der Waals surface area contributed by atoms with E-state index in [1.54, 1.807) is 0 Å². The van der Waals surface area contributed by atoms with Gasteiger partial charge in [-0.25, -0.2) is 0 Å². The van der Waals surface area contributed by atoms with E-state index in [2.05, 4.69) is 39.8 Å². The summed E-state index contributed by atoms with van der Waals surface area (Å²) in [7, 11) is 0. The molecular weight excluding hydrogens is 298 g/mol. The minimum atomic E-state index is 0.138. The van der Waals surface area contributed by atoms with E-state index >= 15 is 0 Å². The molecule has 3 nitrogen and oxygen atoms in total. The van der Waals surface area contributed by atoms with Crippen LogP contribution >= 0.6 is 0 Å². The summed E-state index contributed by atoms with van der Waals surface area (Å²) in [6.45, 7) is 9.91. The minimum absolute atomic E-state index is 0.138. The third-order valence-electron chi connectivity index (χ3n) is 4.67. The van der Waals surface area contributed by atoms with Gasteiger partial charge >= 0.3 is 0 Å². The van der Waals surface area contributed by atoms with Gasteiger partial charge in [0, 0.05) is 6.54 Å². The average Bonchev–Trinajstić information content (AvgIpc) is 3.01. The summed E-state index contributed by atoms with van der Waals surface area (Å²) < 4.78 is 6.03. The Bertz CT molecular complexity index is 488. The van der Waals surface area contributed by atoms with Crippen LogP contribution in [0.1, 0.15) is 65.0 Å². The average molecular weight is 331 g/mol. The lowest BCUT2D eigenvalue weighted by molar-refractivity contribution is -0.139. The normalized spacial score (nSPS) is 18.1. The Balaban J connectivity index is 1.92. The molecule has 0 unspecified atom stereocenters. The highest BCUT2D eigenvalue weighted by Gasteiger charge is 2.30. The lowest BCUT2D eigenvalue weighted by atomic mass is 9.98. The topological polar surface area (TPSA) is 29.5 Å². The zero-order chi connectivity index (χ0) is 17.5. The summed E-state index contributed by atoms with van der Waals surface area (Å²) in [6.07, 6.45) is 4.36. The molecule has 134 valence electrons. The molecule has 0 spiro atoms. The number of hydrogen-bond donors (Lipinski definition) is 0. The molecule has 0 aliphatic carbocycles. The van der Waals surface area contributed by atoms with Gasteiger partial charge in [-0.3, -0.25) is 4.79 Å². The Labute approximate surface area is 147 Å². The molecule has 1 aromatic carbocycles. The molecule has 0 N–H and O–H groups in total. The van der Waals surface area contributed by atoms with Crippen LogP contribution in [0.3, 0.4) is 0 Å². The zero-order valence-corrected chi connectivity index (χ0v) is 15.7. The molecule has 1 aliphatic heterocycles. The number of benzene rings is 1. The van der Waals surface area contributed by atoms with E-state index in [0.29, 0.717) is 11.8 Å². The highest BCUT2D eigenvalue weighted by molar-refractivity contribution is 5.78. The van der Waals surface area contributed by atoms with Gasteiger partial charge in [0.05, 0.1) is 12.1 Å². The molecule has 1 fully saturated rings. The third kappa shape index (κ3) is 5.62. The maximum absolute atomic E-state index is 12.7. The van der Waals surface area contributed by atoms with Gasteiger partial charge in [0.2, 0.25) is 5.91 Å². The van der Waals surface area contributed by atoms with Crippen molar-refractivity contribution in [2.45, 2.75) is 65.5 Å². The van der Waals surface area contributed by atoms with Gasteiger partial charge in [-0.05, 0) is 43.1 Å². The number of carbonyl (C=O) groups is 1. The Morgan fingerprint density at radius 3 is 2.33 bits per heavy atom. The van der Waals surface area contributed by atoms with Gasteiger partial charge in [-0.2, -0.15) is 0 Å². The van der Waals surface area contributed by atoms with E-state index in [9.17, 15) is 4.79 Å². The number of nitrogens with zero attached hydrogens (tertiary/aromatic N) is 1. The highest BCUT2D eigenvalue weighted by atomic mass is 16.5. The van der Waals surface area contributed by atoms with Crippen molar-refractivity contribution < 1.29 is 9.53 Å². The van der Waals surface area contributed by atoms with E-state index in [0.717, 1.165) is 32.2 Å². The van der Waals surface area contributed by atoms with Crippen LogP contribution in [-0.4, -0.2) is 30.1 Å². The van der Waals surface area contributed by atoms with Crippen molar-refractivity contribution in [3.8, 4) is 0 Å². The molecule has 0 aromatic heterocycles. The number of rotatable bonds is 8. The summed E-state index contributed by atoms with van der Waals surface area (Å²) in [5.41, 5.74) is 1.24. The van der Waals surface area contributed by atoms with E-state index in [4.69, 9.17) is 4.74 Å². The number of amides is 1. The van der Waals surface area contributed by atoms with Crippen molar-refractivity contribution in [1.82, 2.24) is 4.90 Å². The van der Waals surface area contributed by atoms with E-state index in [-0.39, 0.29) is 24.7 Å². The van der Waals surface area contributed by atoms with Gasteiger partial charge < -0.3 is 9.64 Å². The molecule has 0 radical (unpaired) electrons. The summed E-state index contributed by atoms with van der Waals surface area (Å²) >= 11 is 0. The molecule has 24 heavy (non-hydrogen) atoms. The van der Waals surface area contributed by atoms with Gasteiger partial charge in [0.15, 0.2) is 0 Å². The Hall–Kier alpha value is -1.35. The fourth-order valence-corrected chi connectivity index (χ4v) is 3.64.